The molecule has 2 heterocycles. The molecule has 1 aromatic carbocycles. The number of anilines is 2. The standard InChI is InChI=1S/C20H20ClN3O4/c1-12-5-7-15(8-6-12)24-11-14(10-17(24)25)20(27)28-13(2)19(26)23-16-4-3-9-22-18(16)21/h3-9,13-14H,10-11H2,1-2H3,(H,23,26)/t13-,14+/m1/s1. The first kappa shape index (κ1) is 19.8. The molecule has 7 nitrogen and oxygen atoms in total. The highest BCUT2D eigenvalue weighted by molar-refractivity contribution is 6.32. The van der Waals surface area contributed by atoms with E-state index in [-0.39, 0.29) is 24.0 Å². The summed E-state index contributed by atoms with van der Waals surface area (Å²) in [6.45, 7) is 3.65. The molecule has 146 valence electrons. The monoisotopic (exact) mass is 401 g/mol. The Hall–Kier alpha value is -2.93. The SMILES string of the molecule is Cc1ccc(N2C[C@@H](C(=O)O[C@H](C)C(=O)Nc3cccnc3Cl)CC2=O)cc1. The van der Waals surface area contributed by atoms with Gasteiger partial charge in [-0.3, -0.25) is 14.4 Å². The Bertz CT molecular complexity index is 901. The lowest BCUT2D eigenvalue weighted by Crippen LogP contribution is -2.33. The summed E-state index contributed by atoms with van der Waals surface area (Å²) in [7, 11) is 0. The van der Waals surface area contributed by atoms with E-state index in [1.165, 1.54) is 13.1 Å². The number of nitrogens with one attached hydrogen (secondary N) is 1. The highest BCUT2D eigenvalue weighted by atomic mass is 35.5. The number of ether oxygens (including phenoxy) is 1. The molecule has 2 atom stereocenters. The summed E-state index contributed by atoms with van der Waals surface area (Å²) in [5.74, 6) is -1.87. The van der Waals surface area contributed by atoms with Crippen LogP contribution in [0.3, 0.4) is 0 Å². The van der Waals surface area contributed by atoms with Crippen molar-refractivity contribution in [3.05, 3.63) is 53.3 Å². The maximum absolute atomic E-state index is 12.4. The van der Waals surface area contributed by atoms with Crippen molar-refractivity contribution >= 4 is 40.8 Å². The van der Waals surface area contributed by atoms with Crippen LogP contribution in [0.4, 0.5) is 11.4 Å². The average molecular weight is 402 g/mol. The maximum atomic E-state index is 12.4. The summed E-state index contributed by atoms with van der Waals surface area (Å²) < 4.78 is 5.27. The molecule has 0 aliphatic carbocycles. The molecule has 1 aliphatic rings. The first-order valence-electron chi connectivity index (χ1n) is 8.84. The van der Waals surface area contributed by atoms with Gasteiger partial charge in [-0.05, 0) is 38.1 Å². The van der Waals surface area contributed by atoms with Gasteiger partial charge in [-0.15, -0.1) is 0 Å². The number of halogens is 1. The highest BCUT2D eigenvalue weighted by Crippen LogP contribution is 2.26. The minimum absolute atomic E-state index is 0.0511. The predicted octanol–water partition coefficient (Wildman–Crippen LogP) is 2.97. The molecule has 8 heteroatoms. The van der Waals surface area contributed by atoms with E-state index in [0.717, 1.165) is 11.3 Å². The summed E-state index contributed by atoms with van der Waals surface area (Å²) in [4.78, 5) is 42.4. The van der Waals surface area contributed by atoms with Crippen molar-refractivity contribution in [2.24, 2.45) is 5.92 Å². The lowest BCUT2D eigenvalue weighted by Gasteiger charge is -2.18. The van der Waals surface area contributed by atoms with Gasteiger partial charge in [0.1, 0.15) is 0 Å². The predicted molar refractivity (Wildman–Crippen MR) is 105 cm³/mol. The first-order chi connectivity index (χ1) is 13.3. The third-order valence-electron chi connectivity index (χ3n) is 4.48. The minimum atomic E-state index is -1.03. The third kappa shape index (κ3) is 4.48. The third-order valence-corrected chi connectivity index (χ3v) is 4.78. The molecule has 0 radical (unpaired) electrons. The van der Waals surface area contributed by atoms with Crippen molar-refractivity contribution in [2.75, 3.05) is 16.8 Å². The van der Waals surface area contributed by atoms with Gasteiger partial charge in [-0.1, -0.05) is 29.3 Å². The number of rotatable bonds is 5. The molecule has 2 aromatic rings. The molecule has 1 aromatic heterocycles. The zero-order valence-electron chi connectivity index (χ0n) is 15.5. The maximum Gasteiger partial charge on any atom is 0.312 e. The Labute approximate surface area is 167 Å². The number of hydrogen-bond donors (Lipinski definition) is 1. The fourth-order valence-electron chi connectivity index (χ4n) is 2.88. The second kappa shape index (κ2) is 8.39. The molecule has 3 rings (SSSR count). The molecule has 1 saturated heterocycles. The summed E-state index contributed by atoms with van der Waals surface area (Å²) in [6.07, 6.45) is 0.515. The Morgan fingerprint density at radius 2 is 2.00 bits per heavy atom. The summed E-state index contributed by atoms with van der Waals surface area (Å²) in [6, 6.07) is 10.7. The molecule has 1 aliphatic heterocycles. The minimum Gasteiger partial charge on any atom is -0.452 e. The van der Waals surface area contributed by atoms with Gasteiger partial charge in [0.05, 0.1) is 11.6 Å². The topological polar surface area (TPSA) is 88.6 Å². The van der Waals surface area contributed by atoms with Crippen LogP contribution in [0.1, 0.15) is 18.9 Å². The second-order valence-corrected chi connectivity index (χ2v) is 7.01. The Morgan fingerprint density at radius 3 is 2.68 bits per heavy atom. The summed E-state index contributed by atoms with van der Waals surface area (Å²) >= 11 is 5.91. The van der Waals surface area contributed by atoms with Gasteiger partial charge in [0.15, 0.2) is 11.3 Å². The first-order valence-corrected chi connectivity index (χ1v) is 9.22. The van der Waals surface area contributed by atoms with Gasteiger partial charge < -0.3 is 15.0 Å². The van der Waals surface area contributed by atoms with E-state index in [2.05, 4.69) is 10.3 Å². The number of amides is 2. The van der Waals surface area contributed by atoms with Crippen LogP contribution in [-0.2, 0) is 19.1 Å². The van der Waals surface area contributed by atoms with Crippen molar-refractivity contribution in [2.45, 2.75) is 26.4 Å². The Kier molecular flexibility index (Phi) is 5.94. The highest BCUT2D eigenvalue weighted by Gasteiger charge is 2.37. The van der Waals surface area contributed by atoms with Crippen LogP contribution in [-0.4, -0.2) is 35.4 Å². The van der Waals surface area contributed by atoms with Gasteiger partial charge in [-0.2, -0.15) is 0 Å². The van der Waals surface area contributed by atoms with Crippen molar-refractivity contribution in [1.29, 1.82) is 0 Å². The molecular formula is C20H20ClN3O4. The number of carbonyl (C=O) groups is 3. The average Bonchev–Trinajstić information content (AvgIpc) is 3.06. The van der Waals surface area contributed by atoms with E-state index < -0.39 is 23.9 Å². The normalized spacial score (nSPS) is 17.3. The van der Waals surface area contributed by atoms with Crippen LogP contribution < -0.4 is 10.2 Å². The van der Waals surface area contributed by atoms with Crippen LogP contribution in [0.25, 0.3) is 0 Å². The van der Waals surface area contributed by atoms with Gasteiger partial charge in [-0.25, -0.2) is 4.98 Å². The molecule has 0 saturated carbocycles. The van der Waals surface area contributed by atoms with Crippen molar-refractivity contribution < 1.29 is 19.1 Å². The van der Waals surface area contributed by atoms with Crippen LogP contribution in [0.15, 0.2) is 42.6 Å². The van der Waals surface area contributed by atoms with Crippen molar-refractivity contribution in [3.8, 4) is 0 Å². The zero-order chi connectivity index (χ0) is 20.3. The smallest absolute Gasteiger partial charge is 0.312 e. The van der Waals surface area contributed by atoms with Crippen LogP contribution in [0, 0.1) is 12.8 Å². The van der Waals surface area contributed by atoms with E-state index in [1.54, 1.807) is 17.0 Å². The molecule has 28 heavy (non-hydrogen) atoms. The summed E-state index contributed by atoms with van der Waals surface area (Å²) in [5, 5.41) is 2.71. The van der Waals surface area contributed by atoms with Gasteiger partial charge in [0.2, 0.25) is 5.91 Å². The molecule has 0 unspecified atom stereocenters. The largest absolute Gasteiger partial charge is 0.452 e. The molecular weight excluding hydrogens is 382 g/mol. The van der Waals surface area contributed by atoms with E-state index >= 15 is 0 Å². The molecule has 1 N–H and O–H groups in total. The number of pyridine rings is 1. The fourth-order valence-corrected chi connectivity index (χ4v) is 3.04. The van der Waals surface area contributed by atoms with Gasteiger partial charge in [0, 0.05) is 24.8 Å². The molecule has 0 spiro atoms. The van der Waals surface area contributed by atoms with Crippen molar-refractivity contribution in [1.82, 2.24) is 4.98 Å². The Balaban J connectivity index is 1.58. The van der Waals surface area contributed by atoms with Gasteiger partial charge >= 0.3 is 5.97 Å². The van der Waals surface area contributed by atoms with E-state index in [1.807, 2.05) is 31.2 Å². The second-order valence-electron chi connectivity index (χ2n) is 6.65. The molecule has 1 fully saturated rings. The van der Waals surface area contributed by atoms with Crippen LogP contribution in [0.5, 0.6) is 0 Å². The van der Waals surface area contributed by atoms with Crippen LogP contribution >= 0.6 is 11.6 Å². The Morgan fingerprint density at radius 1 is 1.29 bits per heavy atom. The molecule has 0 bridgehead atoms. The van der Waals surface area contributed by atoms with E-state index in [4.69, 9.17) is 16.3 Å². The number of nitrogens with zero attached hydrogens (tertiary/aromatic N) is 2. The van der Waals surface area contributed by atoms with Crippen LogP contribution in [0.2, 0.25) is 5.15 Å². The van der Waals surface area contributed by atoms with E-state index in [0.29, 0.717) is 5.69 Å². The lowest BCUT2D eigenvalue weighted by molar-refractivity contribution is -0.157. The lowest BCUT2D eigenvalue weighted by atomic mass is 10.1. The summed E-state index contributed by atoms with van der Waals surface area (Å²) in [5.41, 5.74) is 2.15. The quantitative estimate of drug-likeness (QED) is 0.614. The number of aryl methyl sites for hydroxylation is 1. The zero-order valence-corrected chi connectivity index (χ0v) is 16.3. The molecule has 2 amide bonds. The number of benzene rings is 1. The van der Waals surface area contributed by atoms with E-state index in [9.17, 15) is 14.4 Å². The van der Waals surface area contributed by atoms with Crippen molar-refractivity contribution in [3.63, 3.8) is 0 Å². The number of carbonyl (C=O) groups excluding carboxylic acids is 3. The number of aromatic nitrogens is 1. The number of esters is 1. The fraction of sp³-hybridized carbons (Fsp3) is 0.300. The van der Waals surface area contributed by atoms with Gasteiger partial charge in [0.25, 0.3) is 5.91 Å². The number of hydrogen-bond acceptors (Lipinski definition) is 5.